The lowest BCUT2D eigenvalue weighted by molar-refractivity contribution is 0.0458. The van der Waals surface area contributed by atoms with Gasteiger partial charge in [0.25, 0.3) is 0 Å². The summed E-state index contributed by atoms with van der Waals surface area (Å²) in [5, 5.41) is 0. The summed E-state index contributed by atoms with van der Waals surface area (Å²) in [6.07, 6.45) is 32.5. The number of esters is 2. The van der Waals surface area contributed by atoms with Crippen molar-refractivity contribution in [2.45, 2.75) is 168 Å². The number of hydrogen-bond donors (Lipinski definition) is 0. The summed E-state index contributed by atoms with van der Waals surface area (Å²) >= 11 is 0. The zero-order chi connectivity index (χ0) is 34.9. The Bertz CT molecular complexity index is 804. The fraction of sp³-hybridized carbons (Fsp3) is 0.810. The highest BCUT2D eigenvalue weighted by atomic mass is 16.5. The Hall–Kier alpha value is -1.92. The lowest BCUT2D eigenvalue weighted by atomic mass is 10.1. The minimum absolute atomic E-state index is 0.354. The largest absolute Gasteiger partial charge is 0.461 e. The molecule has 0 heterocycles. The maximum Gasteiger partial charge on any atom is 0.338 e. The Morgan fingerprint density at radius 3 is 0.938 bits per heavy atom. The van der Waals surface area contributed by atoms with Gasteiger partial charge in [-0.25, -0.2) is 9.59 Å². The first kappa shape index (κ1) is 44.1. The van der Waals surface area contributed by atoms with E-state index in [1.165, 1.54) is 154 Å². The molecule has 0 radical (unpaired) electrons. The van der Waals surface area contributed by atoms with E-state index in [2.05, 4.69) is 37.7 Å². The van der Waals surface area contributed by atoms with Crippen LogP contribution in [0.4, 0.5) is 0 Å². The molecule has 1 aromatic rings. The van der Waals surface area contributed by atoms with Crippen LogP contribution in [0.5, 0.6) is 0 Å². The highest BCUT2D eigenvalue weighted by Crippen LogP contribution is 2.14. The number of benzene rings is 1. The monoisotopic (exact) mass is 673 g/mol. The highest BCUT2D eigenvalue weighted by molar-refractivity contribution is 5.93. The van der Waals surface area contributed by atoms with Crippen LogP contribution in [0.1, 0.15) is 189 Å². The number of likely N-dealkylation sites (N-methyl/N-ethyl adjacent to an activating group) is 2. The second-order valence-electron chi connectivity index (χ2n) is 14.2. The molecule has 0 bridgehead atoms. The van der Waals surface area contributed by atoms with Gasteiger partial charge in [0.05, 0.1) is 11.1 Å². The summed E-state index contributed by atoms with van der Waals surface area (Å²) in [6.45, 7) is 8.78. The molecule has 0 unspecified atom stereocenters. The second kappa shape index (κ2) is 32.3. The molecule has 0 aliphatic heterocycles. The van der Waals surface area contributed by atoms with Gasteiger partial charge in [0, 0.05) is 13.1 Å². The summed E-state index contributed by atoms with van der Waals surface area (Å²) in [5.74, 6) is -0.707. The number of nitrogens with zero attached hydrogens (tertiary/aromatic N) is 2. The normalized spacial score (nSPS) is 11.5. The van der Waals surface area contributed by atoms with Crippen LogP contribution in [0.25, 0.3) is 0 Å². The maximum atomic E-state index is 12.5. The van der Waals surface area contributed by atoms with E-state index in [9.17, 15) is 9.59 Å². The Balaban J connectivity index is 2.03. The molecular formula is C42H76N2O4. The third-order valence-corrected chi connectivity index (χ3v) is 9.56. The Morgan fingerprint density at radius 1 is 0.417 bits per heavy atom. The van der Waals surface area contributed by atoms with Crippen molar-refractivity contribution < 1.29 is 19.1 Å². The quantitative estimate of drug-likeness (QED) is 0.0536. The van der Waals surface area contributed by atoms with Crippen LogP contribution in [0.3, 0.4) is 0 Å². The predicted molar refractivity (Wildman–Crippen MR) is 204 cm³/mol. The molecule has 0 aliphatic carbocycles. The molecule has 1 rings (SSSR count). The van der Waals surface area contributed by atoms with Crippen LogP contribution in [-0.4, -0.2) is 75.2 Å². The van der Waals surface area contributed by atoms with Crippen LogP contribution in [0.15, 0.2) is 24.3 Å². The summed E-state index contributed by atoms with van der Waals surface area (Å²) in [6, 6.07) is 6.59. The van der Waals surface area contributed by atoms with Crippen LogP contribution < -0.4 is 0 Å². The molecule has 0 N–H and O–H groups in total. The van der Waals surface area contributed by atoms with E-state index in [1.807, 2.05) is 0 Å². The molecule has 0 fully saturated rings. The number of carbonyl (C=O) groups is 2. The summed E-state index contributed by atoms with van der Waals surface area (Å²) in [5.41, 5.74) is 0.912. The van der Waals surface area contributed by atoms with E-state index in [4.69, 9.17) is 9.47 Å². The molecule has 48 heavy (non-hydrogen) atoms. The number of unbranched alkanes of at least 4 members (excludes halogenated alkanes) is 22. The van der Waals surface area contributed by atoms with Crippen LogP contribution in [0.2, 0.25) is 0 Å². The topological polar surface area (TPSA) is 59.1 Å². The molecule has 0 aliphatic rings. The van der Waals surface area contributed by atoms with Gasteiger partial charge in [-0.3, -0.25) is 0 Å². The lowest BCUT2D eigenvalue weighted by Gasteiger charge is -2.16. The molecule has 0 aromatic heterocycles. The van der Waals surface area contributed by atoms with Gasteiger partial charge in [0.15, 0.2) is 0 Å². The van der Waals surface area contributed by atoms with Crippen molar-refractivity contribution in [3.8, 4) is 0 Å². The minimum Gasteiger partial charge on any atom is -0.461 e. The van der Waals surface area contributed by atoms with Crippen molar-refractivity contribution in [3.05, 3.63) is 35.4 Å². The maximum absolute atomic E-state index is 12.5. The molecule has 0 atom stereocenters. The third-order valence-electron chi connectivity index (χ3n) is 9.56. The SMILES string of the molecule is CCCCCCCCCCCCCCN(C)CCOC(=O)c1ccc(C(=O)OCCN(C)CCCCCCCCCCCCCC)cc1. The molecule has 0 spiro atoms. The van der Waals surface area contributed by atoms with Crippen LogP contribution in [0, 0.1) is 0 Å². The average molecular weight is 673 g/mol. The van der Waals surface area contributed by atoms with Gasteiger partial charge in [0.2, 0.25) is 0 Å². The van der Waals surface area contributed by atoms with Crippen molar-refractivity contribution in [1.82, 2.24) is 9.80 Å². The highest BCUT2D eigenvalue weighted by Gasteiger charge is 2.12. The molecule has 278 valence electrons. The zero-order valence-electron chi connectivity index (χ0n) is 32.1. The molecule has 0 saturated carbocycles. The first-order valence-electron chi connectivity index (χ1n) is 20.3. The van der Waals surface area contributed by atoms with Gasteiger partial charge in [-0.15, -0.1) is 0 Å². The molecular weight excluding hydrogens is 596 g/mol. The molecule has 0 saturated heterocycles. The standard InChI is InChI=1S/C42H76N2O4/c1-5-7-9-11-13-15-17-19-21-23-25-27-33-43(3)35-37-47-41(45)39-29-31-40(32-30-39)42(46)48-38-36-44(4)34-28-26-24-22-20-18-16-14-12-10-8-6-2/h29-32H,5-28,33-38H2,1-4H3. The number of hydrogen-bond acceptors (Lipinski definition) is 6. The van der Waals surface area contributed by atoms with E-state index in [0.29, 0.717) is 24.3 Å². The van der Waals surface area contributed by atoms with E-state index in [0.717, 1.165) is 26.2 Å². The van der Waals surface area contributed by atoms with Crippen molar-refractivity contribution in [2.75, 3.05) is 53.5 Å². The lowest BCUT2D eigenvalue weighted by Crippen LogP contribution is -2.25. The van der Waals surface area contributed by atoms with Gasteiger partial charge >= 0.3 is 11.9 Å². The van der Waals surface area contributed by atoms with Crippen molar-refractivity contribution >= 4 is 11.9 Å². The minimum atomic E-state index is -0.354. The molecule has 6 heteroatoms. The smallest absolute Gasteiger partial charge is 0.338 e. The van der Waals surface area contributed by atoms with Gasteiger partial charge in [0.1, 0.15) is 13.2 Å². The molecule has 1 aromatic carbocycles. The molecule has 6 nitrogen and oxygen atoms in total. The summed E-state index contributed by atoms with van der Waals surface area (Å²) in [7, 11) is 4.17. The van der Waals surface area contributed by atoms with E-state index >= 15 is 0 Å². The zero-order valence-corrected chi connectivity index (χ0v) is 32.1. The average Bonchev–Trinajstić information content (AvgIpc) is 3.09. The number of ether oxygens (including phenoxy) is 2. The fourth-order valence-electron chi connectivity index (χ4n) is 6.17. The number of rotatable bonds is 34. The van der Waals surface area contributed by atoms with Gasteiger partial charge < -0.3 is 19.3 Å². The second-order valence-corrected chi connectivity index (χ2v) is 14.2. The number of carbonyl (C=O) groups excluding carboxylic acids is 2. The van der Waals surface area contributed by atoms with Crippen molar-refractivity contribution in [3.63, 3.8) is 0 Å². The first-order chi connectivity index (χ1) is 23.5. The summed E-state index contributed by atoms with van der Waals surface area (Å²) in [4.78, 5) is 29.5. The van der Waals surface area contributed by atoms with E-state index < -0.39 is 0 Å². The summed E-state index contributed by atoms with van der Waals surface area (Å²) < 4.78 is 11.0. The van der Waals surface area contributed by atoms with Crippen molar-refractivity contribution in [1.29, 1.82) is 0 Å². The van der Waals surface area contributed by atoms with Crippen molar-refractivity contribution in [2.24, 2.45) is 0 Å². The van der Waals surface area contributed by atoms with Gasteiger partial charge in [-0.05, 0) is 64.3 Å². The Morgan fingerprint density at radius 2 is 0.667 bits per heavy atom. The van der Waals surface area contributed by atoms with E-state index in [-0.39, 0.29) is 11.9 Å². The van der Waals surface area contributed by atoms with Gasteiger partial charge in [-0.2, -0.15) is 0 Å². The first-order valence-corrected chi connectivity index (χ1v) is 20.3. The Kier molecular flexibility index (Phi) is 29.7. The van der Waals surface area contributed by atoms with E-state index in [1.54, 1.807) is 24.3 Å². The Labute approximate surface area is 297 Å². The fourth-order valence-corrected chi connectivity index (χ4v) is 6.17. The molecule has 0 amide bonds. The predicted octanol–water partition coefficient (Wildman–Crippen LogP) is 11.3. The third kappa shape index (κ3) is 26.0. The van der Waals surface area contributed by atoms with Crippen LogP contribution in [-0.2, 0) is 9.47 Å². The van der Waals surface area contributed by atoms with Crippen LogP contribution >= 0.6 is 0 Å². The van der Waals surface area contributed by atoms with Gasteiger partial charge in [-0.1, -0.05) is 155 Å².